The molecule has 6 nitrogen and oxygen atoms in total. The molecule has 14 heavy (non-hydrogen) atoms. The third-order valence-corrected chi connectivity index (χ3v) is 2.16. The fourth-order valence-corrected chi connectivity index (χ4v) is 1.19. The van der Waals surface area contributed by atoms with Crippen LogP contribution in [-0.4, -0.2) is 31.8 Å². The molecule has 7 heteroatoms. The molecule has 0 unspecified atom stereocenters. The molecule has 0 saturated heterocycles. The van der Waals surface area contributed by atoms with Crippen LogP contribution in [0.5, 0.6) is 0 Å². The molecule has 1 heterocycles. The Hall–Kier alpha value is -0.820. The maximum Gasteiger partial charge on any atom is 0.142 e. The molecule has 2 N–H and O–H groups in total. The van der Waals surface area contributed by atoms with E-state index in [2.05, 4.69) is 4.98 Å². The smallest absolute Gasteiger partial charge is 0.142 e. The third-order valence-electron chi connectivity index (χ3n) is 1.80. The van der Waals surface area contributed by atoms with Gasteiger partial charge in [0.25, 0.3) is 0 Å². The van der Waals surface area contributed by atoms with Gasteiger partial charge in [-0.05, 0) is 6.92 Å². The van der Waals surface area contributed by atoms with Gasteiger partial charge in [0, 0.05) is 0 Å². The first-order valence-corrected chi connectivity index (χ1v) is 4.52. The van der Waals surface area contributed by atoms with Gasteiger partial charge in [-0.3, -0.25) is 5.21 Å². The van der Waals surface area contributed by atoms with Gasteiger partial charge in [-0.1, -0.05) is 0 Å². The van der Waals surface area contributed by atoms with E-state index in [1.54, 1.807) is 6.92 Å². The van der Waals surface area contributed by atoms with Crippen molar-refractivity contribution < 1.29 is 10.3 Å². The highest BCUT2D eigenvalue weighted by Gasteiger charge is 2.11. The van der Waals surface area contributed by atoms with E-state index < -0.39 is 6.10 Å². The summed E-state index contributed by atoms with van der Waals surface area (Å²) in [6, 6.07) is 0. The van der Waals surface area contributed by atoms with Gasteiger partial charge in [-0.25, -0.2) is 4.98 Å². The average molecular weight is 221 g/mol. The lowest BCUT2D eigenvalue weighted by Gasteiger charge is -2.23. The predicted octanol–water partition coefficient (Wildman–Crippen LogP) is 0.485. The van der Waals surface area contributed by atoms with Crippen LogP contribution in [0.4, 0.5) is 5.82 Å². The lowest BCUT2D eigenvalue weighted by Crippen LogP contribution is -2.22. The summed E-state index contributed by atoms with van der Waals surface area (Å²) in [7, 11) is 0. The number of halogens is 1. The predicted molar refractivity (Wildman–Crippen MR) is 51.3 cm³/mol. The summed E-state index contributed by atoms with van der Waals surface area (Å²) in [5.41, 5.74) is 0. The van der Waals surface area contributed by atoms with Crippen molar-refractivity contribution in [3.63, 3.8) is 0 Å². The Morgan fingerprint density at radius 1 is 1.79 bits per heavy atom. The Labute approximate surface area is 85.9 Å². The second kappa shape index (κ2) is 4.61. The number of nitrogens with zero attached hydrogens (tertiary/aromatic N) is 3. The first kappa shape index (κ1) is 11.3. The highest BCUT2D eigenvalue weighted by atomic mass is 35.5. The Bertz CT molecular complexity index is 302. The zero-order chi connectivity index (χ0) is 10.7. The molecule has 0 saturated carbocycles. The maximum atomic E-state index is 10.6. The van der Waals surface area contributed by atoms with E-state index in [1.807, 2.05) is 0 Å². The normalized spacial score (nSPS) is 12.9. The number of aliphatic hydroxyl groups is 1. The molecular weight excluding hydrogens is 210 g/mol. The molecule has 1 aromatic heterocycles. The number of aromatic nitrogens is 2. The third kappa shape index (κ3) is 2.36. The summed E-state index contributed by atoms with van der Waals surface area (Å²) in [6.45, 7) is 1.79. The van der Waals surface area contributed by atoms with Crippen molar-refractivity contribution in [1.29, 1.82) is 0 Å². The Kier molecular flexibility index (Phi) is 3.70. The quantitative estimate of drug-likeness (QED) is 0.570. The van der Waals surface area contributed by atoms with Crippen LogP contribution in [0.2, 0.25) is 0 Å². The van der Waals surface area contributed by atoms with Crippen molar-refractivity contribution in [2.45, 2.75) is 19.6 Å². The highest BCUT2D eigenvalue weighted by molar-refractivity contribution is 6.18. The summed E-state index contributed by atoms with van der Waals surface area (Å²) >= 11 is 5.42. The Morgan fingerprint density at radius 3 is 2.93 bits per heavy atom. The highest BCUT2D eigenvalue weighted by Crippen LogP contribution is 2.14. The van der Waals surface area contributed by atoms with Gasteiger partial charge in [0.15, 0.2) is 0 Å². The summed E-state index contributed by atoms with van der Waals surface area (Å²) in [5.74, 6) is 0.562. The molecule has 0 bridgehead atoms. The number of imidazole rings is 1. The molecule has 0 aliphatic rings. The molecule has 0 amide bonds. The zero-order valence-electron chi connectivity index (χ0n) is 7.59. The first-order chi connectivity index (χ1) is 6.56. The van der Waals surface area contributed by atoms with E-state index in [-0.39, 0.29) is 23.5 Å². The minimum absolute atomic E-state index is 0.0216. The number of aliphatic hydroxyl groups excluding tert-OH is 1. The number of hydrogen-bond donors (Lipinski definition) is 2. The van der Waals surface area contributed by atoms with Crippen molar-refractivity contribution >= 4 is 17.4 Å². The molecule has 0 aliphatic carbocycles. The van der Waals surface area contributed by atoms with E-state index in [0.29, 0.717) is 5.82 Å². The van der Waals surface area contributed by atoms with Crippen molar-refractivity contribution in [2.75, 3.05) is 11.1 Å². The molecule has 1 atom stereocenters. The number of alkyl halides is 1. The molecule has 1 aromatic rings. The average Bonchev–Trinajstić information content (AvgIpc) is 2.48. The molecule has 0 radical (unpaired) electrons. The zero-order valence-corrected chi connectivity index (χ0v) is 8.35. The van der Waals surface area contributed by atoms with E-state index in [1.165, 1.54) is 10.8 Å². The van der Waals surface area contributed by atoms with Crippen LogP contribution >= 0.6 is 11.6 Å². The summed E-state index contributed by atoms with van der Waals surface area (Å²) < 4.78 is 1.39. The van der Waals surface area contributed by atoms with Gasteiger partial charge < -0.3 is 20.1 Å². The van der Waals surface area contributed by atoms with Gasteiger partial charge in [0.1, 0.15) is 11.6 Å². The van der Waals surface area contributed by atoms with Crippen LogP contribution in [0.25, 0.3) is 0 Å². The topological polar surface area (TPSA) is 84.6 Å². The van der Waals surface area contributed by atoms with Crippen LogP contribution in [0.15, 0.2) is 6.20 Å². The van der Waals surface area contributed by atoms with E-state index >= 15 is 0 Å². The molecule has 80 valence electrons. The lowest BCUT2D eigenvalue weighted by molar-refractivity contribution is 0.174. The fraction of sp³-hybridized carbons (Fsp3) is 0.571. The minimum Gasteiger partial charge on any atom is -0.732 e. The van der Waals surface area contributed by atoms with E-state index in [0.717, 1.165) is 0 Å². The van der Waals surface area contributed by atoms with Crippen molar-refractivity contribution in [2.24, 2.45) is 0 Å². The van der Waals surface area contributed by atoms with Crippen molar-refractivity contribution in [3.8, 4) is 0 Å². The second-order valence-electron chi connectivity index (χ2n) is 2.86. The molecule has 0 aliphatic heterocycles. The van der Waals surface area contributed by atoms with E-state index in [9.17, 15) is 10.3 Å². The van der Waals surface area contributed by atoms with Crippen LogP contribution < -0.4 is 5.23 Å². The minimum atomic E-state index is -0.775. The number of anilines is 1. The summed E-state index contributed by atoms with van der Waals surface area (Å²) in [6.07, 6.45) is 0.451. The number of aryl methyl sites for hydroxylation is 1. The van der Waals surface area contributed by atoms with Crippen molar-refractivity contribution in [1.82, 2.24) is 9.55 Å². The standard InChI is InChI=1S/C7H11ClN3O3/c1-5-9-3-7(11(13)14)10(5)4-6(12)2-8/h3,6,12-13H,2,4H2,1H3/q-1/t6-/m0/s1. The molecular formula is C7H11ClN3O3-. The number of rotatable bonds is 4. The van der Waals surface area contributed by atoms with Gasteiger partial charge in [-0.15, -0.1) is 11.6 Å². The fourth-order valence-electron chi connectivity index (χ4n) is 1.09. The molecule has 1 rings (SSSR count). The SMILES string of the molecule is Cc1ncc(N([O-])O)n1C[C@@H](O)CCl. The Morgan fingerprint density at radius 2 is 2.43 bits per heavy atom. The largest absolute Gasteiger partial charge is 0.732 e. The monoisotopic (exact) mass is 220 g/mol. The summed E-state index contributed by atoms with van der Waals surface area (Å²) in [5, 5.41) is 28.3. The number of hydrogen-bond acceptors (Lipinski definition) is 5. The van der Waals surface area contributed by atoms with Crippen LogP contribution in [0.3, 0.4) is 0 Å². The lowest BCUT2D eigenvalue weighted by atomic mass is 10.4. The van der Waals surface area contributed by atoms with Crippen LogP contribution in [0, 0.1) is 12.1 Å². The summed E-state index contributed by atoms with van der Waals surface area (Å²) in [4.78, 5) is 3.83. The van der Waals surface area contributed by atoms with Crippen molar-refractivity contribution in [3.05, 3.63) is 17.2 Å². The first-order valence-electron chi connectivity index (χ1n) is 3.98. The maximum absolute atomic E-state index is 10.6. The van der Waals surface area contributed by atoms with Gasteiger partial charge in [0.05, 0.1) is 24.7 Å². The van der Waals surface area contributed by atoms with Gasteiger partial charge in [-0.2, -0.15) is 0 Å². The molecule has 0 fully saturated rings. The molecule has 0 spiro atoms. The van der Waals surface area contributed by atoms with Gasteiger partial charge in [0.2, 0.25) is 0 Å². The van der Waals surface area contributed by atoms with Crippen LogP contribution in [0.1, 0.15) is 5.82 Å². The second-order valence-corrected chi connectivity index (χ2v) is 3.16. The van der Waals surface area contributed by atoms with Crippen LogP contribution in [-0.2, 0) is 6.54 Å². The van der Waals surface area contributed by atoms with Gasteiger partial charge >= 0.3 is 0 Å². The Balaban J connectivity index is 2.88. The molecule has 0 aromatic carbocycles. The van der Waals surface area contributed by atoms with E-state index in [4.69, 9.17) is 16.8 Å².